The standard InChI is InChI=1S/C7H10N4/c1-2-3-10-11-7-6-8-4-5-9-7/h3-6H,2H2,1H3,(H,9,11)/b10-3+. The maximum Gasteiger partial charge on any atom is 0.164 e. The van der Waals surface area contributed by atoms with E-state index >= 15 is 0 Å². The summed E-state index contributed by atoms with van der Waals surface area (Å²) in [6.45, 7) is 2.02. The second-order valence-electron chi connectivity index (χ2n) is 1.92. The second kappa shape index (κ2) is 4.38. The first-order valence-corrected chi connectivity index (χ1v) is 3.47. The van der Waals surface area contributed by atoms with Crippen molar-refractivity contribution in [3.05, 3.63) is 18.6 Å². The van der Waals surface area contributed by atoms with Gasteiger partial charge in [-0.1, -0.05) is 6.92 Å². The highest BCUT2D eigenvalue weighted by Gasteiger charge is 1.84. The number of anilines is 1. The molecular weight excluding hydrogens is 140 g/mol. The van der Waals surface area contributed by atoms with Gasteiger partial charge in [0.15, 0.2) is 5.82 Å². The maximum atomic E-state index is 3.96. The van der Waals surface area contributed by atoms with Gasteiger partial charge >= 0.3 is 0 Å². The highest BCUT2D eigenvalue weighted by molar-refractivity contribution is 5.57. The Morgan fingerprint density at radius 3 is 3.18 bits per heavy atom. The third-order valence-corrected chi connectivity index (χ3v) is 1.02. The van der Waals surface area contributed by atoms with Crippen molar-refractivity contribution in [3.8, 4) is 0 Å². The van der Waals surface area contributed by atoms with E-state index in [0.29, 0.717) is 5.82 Å². The first-order valence-electron chi connectivity index (χ1n) is 3.47. The number of aromatic nitrogens is 2. The molecule has 0 saturated carbocycles. The summed E-state index contributed by atoms with van der Waals surface area (Å²) in [7, 11) is 0. The summed E-state index contributed by atoms with van der Waals surface area (Å²) in [4.78, 5) is 7.83. The fourth-order valence-electron chi connectivity index (χ4n) is 0.560. The molecule has 0 aromatic carbocycles. The molecule has 1 rings (SSSR count). The predicted molar refractivity (Wildman–Crippen MR) is 44.4 cm³/mol. The van der Waals surface area contributed by atoms with Crippen LogP contribution in [-0.4, -0.2) is 16.2 Å². The highest BCUT2D eigenvalue weighted by atomic mass is 15.3. The minimum atomic E-state index is 0.664. The Kier molecular flexibility index (Phi) is 3.05. The summed E-state index contributed by atoms with van der Waals surface area (Å²) < 4.78 is 0. The van der Waals surface area contributed by atoms with Crippen molar-refractivity contribution in [2.75, 3.05) is 5.43 Å². The van der Waals surface area contributed by atoms with Crippen LogP contribution in [-0.2, 0) is 0 Å². The molecule has 1 aromatic rings. The molecule has 0 saturated heterocycles. The summed E-state index contributed by atoms with van der Waals surface area (Å²) in [5.74, 6) is 0.664. The molecule has 0 radical (unpaired) electrons. The predicted octanol–water partition coefficient (Wildman–Crippen LogP) is 1.28. The molecule has 1 heterocycles. The zero-order chi connectivity index (χ0) is 7.94. The summed E-state index contributed by atoms with van der Waals surface area (Å²) in [5.41, 5.74) is 2.74. The Morgan fingerprint density at radius 1 is 1.64 bits per heavy atom. The van der Waals surface area contributed by atoms with E-state index in [4.69, 9.17) is 0 Å². The van der Waals surface area contributed by atoms with Gasteiger partial charge in [0.25, 0.3) is 0 Å². The van der Waals surface area contributed by atoms with Crippen molar-refractivity contribution in [1.82, 2.24) is 9.97 Å². The van der Waals surface area contributed by atoms with E-state index < -0.39 is 0 Å². The van der Waals surface area contributed by atoms with Gasteiger partial charge in [0, 0.05) is 18.6 Å². The van der Waals surface area contributed by atoms with E-state index in [1.165, 1.54) is 0 Å². The molecule has 0 aliphatic rings. The van der Waals surface area contributed by atoms with Crippen LogP contribution in [0, 0.1) is 0 Å². The molecule has 0 unspecified atom stereocenters. The Hall–Kier alpha value is -1.45. The molecule has 0 atom stereocenters. The summed E-state index contributed by atoms with van der Waals surface area (Å²) in [6.07, 6.45) is 7.54. The third-order valence-electron chi connectivity index (χ3n) is 1.02. The topological polar surface area (TPSA) is 50.2 Å². The Labute approximate surface area is 65.4 Å². The molecule has 4 heteroatoms. The van der Waals surface area contributed by atoms with Crippen molar-refractivity contribution >= 4 is 12.0 Å². The zero-order valence-electron chi connectivity index (χ0n) is 6.36. The van der Waals surface area contributed by atoms with Crippen molar-refractivity contribution in [1.29, 1.82) is 0 Å². The molecular formula is C7H10N4. The first kappa shape index (κ1) is 7.65. The van der Waals surface area contributed by atoms with Crippen LogP contribution in [0.4, 0.5) is 5.82 Å². The van der Waals surface area contributed by atoms with Gasteiger partial charge in [-0.25, -0.2) is 4.98 Å². The van der Waals surface area contributed by atoms with Gasteiger partial charge in [-0.05, 0) is 6.42 Å². The molecule has 0 amide bonds. The van der Waals surface area contributed by atoms with Crippen LogP contribution < -0.4 is 5.43 Å². The van der Waals surface area contributed by atoms with E-state index in [1.54, 1.807) is 24.8 Å². The smallest absolute Gasteiger partial charge is 0.164 e. The zero-order valence-corrected chi connectivity index (χ0v) is 6.36. The Bertz CT molecular complexity index is 219. The summed E-state index contributed by atoms with van der Waals surface area (Å²) >= 11 is 0. The van der Waals surface area contributed by atoms with Gasteiger partial charge in [0.1, 0.15) is 0 Å². The van der Waals surface area contributed by atoms with Crippen molar-refractivity contribution in [3.63, 3.8) is 0 Å². The monoisotopic (exact) mass is 150 g/mol. The lowest BCUT2D eigenvalue weighted by Crippen LogP contribution is -1.91. The van der Waals surface area contributed by atoms with Crippen LogP contribution in [0.25, 0.3) is 0 Å². The molecule has 0 fully saturated rings. The normalized spacial score (nSPS) is 10.3. The lowest BCUT2D eigenvalue weighted by atomic mass is 10.6. The summed E-state index contributed by atoms with van der Waals surface area (Å²) in [6, 6.07) is 0. The van der Waals surface area contributed by atoms with Crippen LogP contribution >= 0.6 is 0 Å². The number of hydrogen-bond donors (Lipinski definition) is 1. The Morgan fingerprint density at radius 2 is 2.55 bits per heavy atom. The number of hydrazone groups is 1. The fraction of sp³-hybridized carbons (Fsp3) is 0.286. The van der Waals surface area contributed by atoms with Crippen LogP contribution in [0.5, 0.6) is 0 Å². The molecule has 1 N–H and O–H groups in total. The number of rotatable bonds is 3. The maximum absolute atomic E-state index is 3.96. The summed E-state index contributed by atoms with van der Waals surface area (Å²) in [5, 5.41) is 3.88. The van der Waals surface area contributed by atoms with Crippen LogP contribution in [0.2, 0.25) is 0 Å². The highest BCUT2D eigenvalue weighted by Crippen LogP contribution is 1.95. The van der Waals surface area contributed by atoms with Gasteiger partial charge in [0.2, 0.25) is 0 Å². The van der Waals surface area contributed by atoms with Gasteiger partial charge < -0.3 is 0 Å². The number of hydrogen-bond acceptors (Lipinski definition) is 4. The van der Waals surface area contributed by atoms with Crippen LogP contribution in [0.15, 0.2) is 23.7 Å². The van der Waals surface area contributed by atoms with Gasteiger partial charge in [-0.3, -0.25) is 10.4 Å². The number of nitrogens with zero attached hydrogens (tertiary/aromatic N) is 3. The first-order chi connectivity index (χ1) is 5.43. The second-order valence-corrected chi connectivity index (χ2v) is 1.92. The molecule has 11 heavy (non-hydrogen) atoms. The minimum absolute atomic E-state index is 0.664. The van der Waals surface area contributed by atoms with E-state index in [9.17, 15) is 0 Å². The van der Waals surface area contributed by atoms with Crippen LogP contribution in [0.3, 0.4) is 0 Å². The molecule has 1 aromatic heterocycles. The molecule has 58 valence electrons. The third kappa shape index (κ3) is 2.75. The van der Waals surface area contributed by atoms with Crippen LogP contribution in [0.1, 0.15) is 13.3 Å². The molecule has 0 aliphatic carbocycles. The van der Waals surface area contributed by atoms with Crippen molar-refractivity contribution < 1.29 is 0 Å². The largest absolute Gasteiger partial charge is 0.260 e. The number of nitrogens with one attached hydrogen (secondary N) is 1. The minimum Gasteiger partial charge on any atom is -0.260 e. The van der Waals surface area contributed by atoms with E-state index in [1.807, 2.05) is 6.92 Å². The fourth-order valence-corrected chi connectivity index (χ4v) is 0.560. The Balaban J connectivity index is 2.45. The van der Waals surface area contributed by atoms with Crippen molar-refractivity contribution in [2.45, 2.75) is 13.3 Å². The average molecular weight is 150 g/mol. The lowest BCUT2D eigenvalue weighted by Gasteiger charge is -1.94. The lowest BCUT2D eigenvalue weighted by molar-refractivity contribution is 1.15. The van der Waals surface area contributed by atoms with E-state index in [2.05, 4.69) is 20.5 Å². The molecule has 0 aliphatic heterocycles. The average Bonchev–Trinajstić information content (AvgIpc) is 2.07. The quantitative estimate of drug-likeness (QED) is 0.521. The SMILES string of the molecule is CC/C=N/Nc1cnccn1. The van der Waals surface area contributed by atoms with Gasteiger partial charge in [0.05, 0.1) is 6.20 Å². The molecule has 0 spiro atoms. The van der Waals surface area contributed by atoms with Gasteiger partial charge in [-0.2, -0.15) is 5.10 Å². The van der Waals surface area contributed by atoms with Gasteiger partial charge in [-0.15, -0.1) is 0 Å². The van der Waals surface area contributed by atoms with Crippen molar-refractivity contribution in [2.24, 2.45) is 5.10 Å². The van der Waals surface area contributed by atoms with E-state index in [0.717, 1.165) is 6.42 Å². The molecule has 4 nitrogen and oxygen atoms in total. The molecule has 0 bridgehead atoms. The van der Waals surface area contributed by atoms with E-state index in [-0.39, 0.29) is 0 Å².